The first-order valence-corrected chi connectivity index (χ1v) is 11.1. The van der Waals surface area contributed by atoms with Crippen LogP contribution in [0.2, 0.25) is 18.1 Å². The maximum atomic E-state index is 13.3. The van der Waals surface area contributed by atoms with Crippen molar-refractivity contribution in [1.29, 1.82) is 0 Å². The fourth-order valence-corrected chi connectivity index (χ4v) is 3.48. The fourth-order valence-electron chi connectivity index (χ4n) is 2.24. The zero-order valence-electron chi connectivity index (χ0n) is 15.2. The van der Waals surface area contributed by atoms with E-state index in [4.69, 9.17) is 14.4 Å². The molecule has 0 amide bonds. The van der Waals surface area contributed by atoms with Crippen LogP contribution < -0.4 is 0 Å². The first-order chi connectivity index (χ1) is 11.7. The Labute approximate surface area is 148 Å². The van der Waals surface area contributed by atoms with Gasteiger partial charge in [-0.15, -0.1) is 0 Å². The first-order valence-electron chi connectivity index (χ1n) is 8.16. The van der Waals surface area contributed by atoms with Crippen molar-refractivity contribution in [2.75, 3.05) is 0 Å². The van der Waals surface area contributed by atoms with Gasteiger partial charge in [0.2, 0.25) is 0 Å². The SMILES string of the molecule is CC(C)(C)[Si](C)(C)O[C@H](c1ccco1)[C@@H](N=[N+]=[N-])c1ccc(F)cc1. The van der Waals surface area contributed by atoms with Crippen LogP contribution in [0, 0.1) is 5.82 Å². The summed E-state index contributed by atoms with van der Waals surface area (Å²) in [5.41, 5.74) is 9.75. The summed E-state index contributed by atoms with van der Waals surface area (Å²) in [5, 5.41) is 3.92. The minimum Gasteiger partial charge on any atom is -0.467 e. The standard InChI is InChI=1S/C18H24FN3O2Si/c1-18(2,3)25(4,5)24-17(15-7-6-12-23-15)16(21-22-20)13-8-10-14(19)11-9-13/h6-12,16-17H,1-5H3/t16-,17+/m0/s1. The smallest absolute Gasteiger partial charge is 0.193 e. The van der Waals surface area contributed by atoms with E-state index >= 15 is 0 Å². The van der Waals surface area contributed by atoms with Gasteiger partial charge in [0.05, 0.1) is 12.3 Å². The van der Waals surface area contributed by atoms with Gasteiger partial charge in [0.15, 0.2) is 8.32 Å². The van der Waals surface area contributed by atoms with Crippen molar-refractivity contribution in [2.24, 2.45) is 5.11 Å². The number of furan rings is 1. The van der Waals surface area contributed by atoms with E-state index in [1.54, 1.807) is 30.5 Å². The molecule has 0 radical (unpaired) electrons. The molecule has 0 saturated heterocycles. The normalized spacial score (nSPS) is 14.6. The number of hydrogen-bond donors (Lipinski definition) is 0. The molecule has 2 atom stereocenters. The highest BCUT2D eigenvalue weighted by Gasteiger charge is 2.42. The molecule has 134 valence electrons. The van der Waals surface area contributed by atoms with Crippen molar-refractivity contribution in [3.8, 4) is 0 Å². The number of azide groups is 1. The lowest BCUT2D eigenvalue weighted by Gasteiger charge is -2.40. The predicted molar refractivity (Wildman–Crippen MR) is 98.0 cm³/mol. The van der Waals surface area contributed by atoms with Crippen molar-refractivity contribution in [2.45, 2.75) is 51.0 Å². The van der Waals surface area contributed by atoms with Crippen LogP contribution >= 0.6 is 0 Å². The number of rotatable bonds is 6. The Morgan fingerprint density at radius 1 is 1.20 bits per heavy atom. The van der Waals surface area contributed by atoms with E-state index in [2.05, 4.69) is 43.9 Å². The molecule has 0 saturated carbocycles. The van der Waals surface area contributed by atoms with Crippen molar-refractivity contribution in [1.82, 2.24) is 0 Å². The van der Waals surface area contributed by atoms with Crippen molar-refractivity contribution in [3.63, 3.8) is 0 Å². The molecule has 1 aromatic heterocycles. The van der Waals surface area contributed by atoms with Gasteiger partial charge in [0, 0.05) is 4.91 Å². The van der Waals surface area contributed by atoms with Crippen LogP contribution in [0.15, 0.2) is 52.2 Å². The van der Waals surface area contributed by atoms with Crippen molar-refractivity contribution in [3.05, 3.63) is 70.2 Å². The first kappa shape index (κ1) is 19.2. The number of nitrogens with zero attached hydrogens (tertiary/aromatic N) is 3. The molecule has 0 bridgehead atoms. The Morgan fingerprint density at radius 2 is 1.84 bits per heavy atom. The average Bonchev–Trinajstić information content (AvgIpc) is 3.05. The number of hydrogen-bond acceptors (Lipinski definition) is 3. The molecule has 1 aromatic carbocycles. The van der Waals surface area contributed by atoms with Crippen LogP contribution in [0.1, 0.15) is 44.2 Å². The number of benzene rings is 1. The molecular formula is C18H24FN3O2Si. The molecule has 0 aliphatic heterocycles. The van der Waals surface area contributed by atoms with Gasteiger partial charge in [-0.3, -0.25) is 0 Å². The van der Waals surface area contributed by atoms with Gasteiger partial charge in [-0.25, -0.2) is 4.39 Å². The molecule has 5 nitrogen and oxygen atoms in total. The highest BCUT2D eigenvalue weighted by Crippen LogP contribution is 2.44. The average molecular weight is 361 g/mol. The third kappa shape index (κ3) is 4.51. The van der Waals surface area contributed by atoms with Crippen LogP contribution in [0.25, 0.3) is 10.4 Å². The molecule has 1 heterocycles. The third-order valence-corrected chi connectivity index (χ3v) is 9.18. The molecule has 7 heteroatoms. The van der Waals surface area contributed by atoms with Crippen molar-refractivity contribution >= 4 is 8.32 Å². The topological polar surface area (TPSA) is 71.1 Å². The van der Waals surface area contributed by atoms with E-state index in [9.17, 15) is 4.39 Å². The zero-order valence-corrected chi connectivity index (χ0v) is 16.2. The van der Waals surface area contributed by atoms with E-state index in [-0.39, 0.29) is 10.9 Å². The Morgan fingerprint density at radius 3 is 2.32 bits per heavy atom. The van der Waals surface area contributed by atoms with E-state index in [0.29, 0.717) is 11.3 Å². The van der Waals surface area contributed by atoms with E-state index < -0.39 is 20.5 Å². The zero-order chi connectivity index (χ0) is 18.7. The summed E-state index contributed by atoms with van der Waals surface area (Å²) in [6, 6.07) is 8.85. The second-order valence-corrected chi connectivity index (χ2v) is 12.3. The molecule has 0 aliphatic carbocycles. The Hall–Kier alpha value is -2.08. The van der Waals surface area contributed by atoms with Gasteiger partial charge in [0.1, 0.15) is 17.7 Å². The van der Waals surface area contributed by atoms with Gasteiger partial charge >= 0.3 is 0 Å². The molecule has 2 aromatic rings. The molecule has 25 heavy (non-hydrogen) atoms. The van der Waals surface area contributed by atoms with Gasteiger partial charge < -0.3 is 8.84 Å². The highest BCUT2D eigenvalue weighted by molar-refractivity contribution is 6.74. The third-order valence-electron chi connectivity index (χ3n) is 4.73. The lowest BCUT2D eigenvalue weighted by Crippen LogP contribution is -2.42. The summed E-state index contributed by atoms with van der Waals surface area (Å²) >= 11 is 0. The van der Waals surface area contributed by atoms with Gasteiger partial charge in [-0.2, -0.15) is 0 Å². The van der Waals surface area contributed by atoms with Crippen LogP contribution in [-0.4, -0.2) is 8.32 Å². The van der Waals surface area contributed by atoms with E-state index in [1.807, 2.05) is 0 Å². The van der Waals surface area contributed by atoms with Gasteiger partial charge in [-0.1, -0.05) is 38.0 Å². The van der Waals surface area contributed by atoms with Crippen LogP contribution in [0.5, 0.6) is 0 Å². The highest BCUT2D eigenvalue weighted by atomic mass is 28.4. The summed E-state index contributed by atoms with van der Waals surface area (Å²) in [5.74, 6) is 0.245. The summed E-state index contributed by atoms with van der Waals surface area (Å²) in [6.07, 6.45) is 0.993. The maximum absolute atomic E-state index is 13.3. The lowest BCUT2D eigenvalue weighted by atomic mass is 10.0. The van der Waals surface area contributed by atoms with Gasteiger partial charge in [-0.05, 0) is 53.5 Å². The number of halogens is 1. The van der Waals surface area contributed by atoms with Crippen LogP contribution in [0.4, 0.5) is 4.39 Å². The molecule has 0 unspecified atom stereocenters. The maximum Gasteiger partial charge on any atom is 0.193 e. The van der Waals surface area contributed by atoms with Crippen LogP contribution in [-0.2, 0) is 4.43 Å². The van der Waals surface area contributed by atoms with E-state index in [0.717, 1.165) is 0 Å². The molecular weight excluding hydrogens is 337 g/mol. The summed E-state index contributed by atoms with van der Waals surface area (Å²) in [7, 11) is -2.18. The Kier molecular flexibility index (Phi) is 5.72. The van der Waals surface area contributed by atoms with E-state index in [1.165, 1.54) is 12.1 Å². The molecule has 0 aliphatic rings. The monoisotopic (exact) mass is 361 g/mol. The summed E-state index contributed by atoms with van der Waals surface area (Å²) < 4.78 is 25.4. The second-order valence-electron chi connectivity index (χ2n) is 7.52. The lowest BCUT2D eigenvalue weighted by molar-refractivity contribution is 0.129. The quantitative estimate of drug-likeness (QED) is 0.254. The van der Waals surface area contributed by atoms with Gasteiger partial charge in [0.25, 0.3) is 0 Å². The second kappa shape index (κ2) is 7.43. The summed E-state index contributed by atoms with van der Waals surface area (Å²) in [4.78, 5) is 2.98. The molecule has 0 N–H and O–H groups in total. The minimum absolute atomic E-state index is 0.0262. The molecule has 2 rings (SSSR count). The van der Waals surface area contributed by atoms with Crippen LogP contribution in [0.3, 0.4) is 0 Å². The molecule has 0 fully saturated rings. The summed E-state index contributed by atoms with van der Waals surface area (Å²) in [6.45, 7) is 10.7. The largest absolute Gasteiger partial charge is 0.467 e. The predicted octanol–water partition coefficient (Wildman–Crippen LogP) is 6.53. The minimum atomic E-state index is -2.18. The Bertz CT molecular complexity index is 733. The Balaban J connectivity index is 2.49. The fraction of sp³-hybridized carbons (Fsp3) is 0.444. The van der Waals surface area contributed by atoms with Crippen molar-refractivity contribution < 1.29 is 13.2 Å². The molecule has 0 spiro atoms.